The Bertz CT molecular complexity index is 1680. The topological polar surface area (TPSA) is 183 Å². The van der Waals surface area contributed by atoms with Crippen LogP contribution in [0.3, 0.4) is 0 Å². The molecule has 0 spiro atoms. The van der Waals surface area contributed by atoms with Crippen molar-refractivity contribution >= 4 is 65.9 Å². The zero-order chi connectivity index (χ0) is 26.3. The van der Waals surface area contributed by atoms with Crippen molar-refractivity contribution in [2.24, 2.45) is 0 Å². The summed E-state index contributed by atoms with van der Waals surface area (Å²) in [5.41, 5.74) is 0.833. The van der Waals surface area contributed by atoms with E-state index in [0.717, 1.165) is 23.9 Å². The average molecular weight is 552 g/mol. The Morgan fingerprint density at radius 3 is 2.25 bits per heavy atom. The number of phenolic OH excluding ortho intramolecular Hbond substituents is 1. The van der Waals surface area contributed by atoms with Crippen molar-refractivity contribution in [3.8, 4) is 5.75 Å². The maximum absolute atomic E-state index is 11.9. The van der Waals surface area contributed by atoms with Crippen LogP contribution in [0.1, 0.15) is 6.92 Å². The molecular formula is C21H18ClN5O7S2. The first-order chi connectivity index (χ1) is 16.9. The fraction of sp³-hybridized carbons (Fsp3) is 0.0952. The number of benzene rings is 3. The highest BCUT2D eigenvalue weighted by molar-refractivity contribution is 7.86. The molecule has 0 unspecified atom stereocenters. The molecule has 188 valence electrons. The second-order valence-electron chi connectivity index (χ2n) is 7.36. The van der Waals surface area contributed by atoms with Gasteiger partial charge in [0, 0.05) is 29.1 Å². The van der Waals surface area contributed by atoms with Gasteiger partial charge in [0.2, 0.25) is 17.2 Å². The maximum Gasteiger partial charge on any atom is 0.295 e. The Hall–Kier alpha value is -3.56. The largest absolute Gasteiger partial charge is 0.507 e. The first-order valence-corrected chi connectivity index (χ1v) is 13.4. The summed E-state index contributed by atoms with van der Waals surface area (Å²) in [4.78, 5) is 12.8. The number of anilines is 4. The molecule has 0 saturated carbocycles. The fourth-order valence-electron chi connectivity index (χ4n) is 3.57. The summed E-state index contributed by atoms with van der Waals surface area (Å²) in [6.45, 7) is 2.36. The van der Waals surface area contributed by atoms with Crippen LogP contribution in [-0.2, 0) is 20.2 Å². The van der Waals surface area contributed by atoms with E-state index in [4.69, 9.17) is 11.6 Å². The molecule has 0 radical (unpaired) electrons. The van der Waals surface area contributed by atoms with E-state index in [1.807, 2.05) is 37.3 Å². The van der Waals surface area contributed by atoms with Gasteiger partial charge in [0.15, 0.2) is 0 Å². The van der Waals surface area contributed by atoms with Crippen LogP contribution in [0.15, 0.2) is 64.4 Å². The van der Waals surface area contributed by atoms with Crippen LogP contribution in [-0.4, -0.2) is 52.5 Å². The predicted molar refractivity (Wildman–Crippen MR) is 132 cm³/mol. The SMILES string of the molecule is CCN(c1ccccc1)c1nc(Cl)nc(Nc2ccc(S(=O)(=O)O)c3cc(S(=O)(=O)O)cc(O)c23)n1. The molecule has 4 N–H and O–H groups in total. The highest BCUT2D eigenvalue weighted by Gasteiger charge is 2.23. The summed E-state index contributed by atoms with van der Waals surface area (Å²) in [6.07, 6.45) is 0. The predicted octanol–water partition coefficient (Wildman–Crippen LogP) is 3.78. The molecule has 0 aliphatic heterocycles. The lowest BCUT2D eigenvalue weighted by Gasteiger charge is -2.21. The first-order valence-electron chi connectivity index (χ1n) is 10.1. The maximum atomic E-state index is 11.9. The molecule has 0 atom stereocenters. The number of aromatic nitrogens is 3. The highest BCUT2D eigenvalue weighted by Crippen LogP contribution is 2.39. The van der Waals surface area contributed by atoms with E-state index in [0.29, 0.717) is 6.54 Å². The molecule has 0 amide bonds. The molecule has 36 heavy (non-hydrogen) atoms. The van der Waals surface area contributed by atoms with E-state index < -0.39 is 35.8 Å². The third-order valence-electron chi connectivity index (χ3n) is 5.07. The lowest BCUT2D eigenvalue weighted by Crippen LogP contribution is -2.19. The molecule has 1 heterocycles. The van der Waals surface area contributed by atoms with Gasteiger partial charge in [-0.3, -0.25) is 9.11 Å². The first kappa shape index (κ1) is 25.5. The smallest absolute Gasteiger partial charge is 0.295 e. The Kier molecular flexibility index (Phi) is 6.72. The molecule has 0 aliphatic carbocycles. The van der Waals surface area contributed by atoms with Crippen LogP contribution in [0, 0.1) is 0 Å². The van der Waals surface area contributed by atoms with Crippen molar-refractivity contribution in [1.29, 1.82) is 0 Å². The van der Waals surface area contributed by atoms with E-state index in [2.05, 4.69) is 20.3 Å². The zero-order valence-electron chi connectivity index (χ0n) is 18.4. The second kappa shape index (κ2) is 9.48. The minimum absolute atomic E-state index is 0.0489. The number of hydrogen-bond acceptors (Lipinski definition) is 10. The Balaban J connectivity index is 1.88. The van der Waals surface area contributed by atoms with Crippen LogP contribution in [0.2, 0.25) is 5.28 Å². The number of phenols is 1. The number of hydrogen-bond donors (Lipinski definition) is 4. The van der Waals surface area contributed by atoms with Crippen LogP contribution in [0.4, 0.5) is 23.3 Å². The summed E-state index contributed by atoms with van der Waals surface area (Å²) in [5.74, 6) is -0.575. The number of nitrogens with one attached hydrogen (secondary N) is 1. The molecule has 12 nitrogen and oxygen atoms in total. The van der Waals surface area contributed by atoms with Crippen LogP contribution < -0.4 is 10.2 Å². The molecule has 4 rings (SSSR count). The molecule has 1 aromatic heterocycles. The van der Waals surface area contributed by atoms with Gasteiger partial charge in [-0.25, -0.2) is 0 Å². The monoisotopic (exact) mass is 551 g/mol. The highest BCUT2D eigenvalue weighted by atomic mass is 35.5. The summed E-state index contributed by atoms with van der Waals surface area (Å²) in [5, 5.41) is 12.7. The van der Waals surface area contributed by atoms with Gasteiger partial charge in [-0.1, -0.05) is 18.2 Å². The fourth-order valence-corrected chi connectivity index (χ4v) is 4.93. The van der Waals surface area contributed by atoms with Crippen LogP contribution in [0.5, 0.6) is 5.75 Å². The normalized spacial score (nSPS) is 12.0. The Morgan fingerprint density at radius 1 is 0.944 bits per heavy atom. The molecule has 15 heteroatoms. The number of rotatable bonds is 7. The number of para-hydroxylation sites is 1. The van der Waals surface area contributed by atoms with Gasteiger partial charge in [0.1, 0.15) is 10.6 Å². The van der Waals surface area contributed by atoms with Gasteiger partial charge in [0.05, 0.1) is 10.6 Å². The standard InChI is InChI=1S/C21H18ClN5O7S2/c1-2-27(12-6-4-3-5-7-12)21-25-19(22)24-20(26-21)23-15-8-9-17(36(32,33)34)14-10-13(35(29,30)31)11-16(28)18(14)15/h3-11,28H,2H2,1H3,(H,29,30,31)(H,32,33,34)(H,23,24,25,26). The number of fused-ring (bicyclic) bond motifs is 1. The van der Waals surface area contributed by atoms with E-state index in [-0.39, 0.29) is 33.6 Å². The van der Waals surface area contributed by atoms with Crippen molar-refractivity contribution < 1.29 is 31.0 Å². The van der Waals surface area contributed by atoms with Crippen molar-refractivity contribution in [2.75, 3.05) is 16.8 Å². The lowest BCUT2D eigenvalue weighted by atomic mass is 10.1. The molecule has 0 aliphatic rings. The molecule has 3 aromatic carbocycles. The summed E-state index contributed by atoms with van der Waals surface area (Å²) < 4.78 is 66.1. The van der Waals surface area contributed by atoms with Crippen molar-refractivity contribution in [1.82, 2.24) is 15.0 Å². The number of halogens is 1. The Labute approximate surface area is 210 Å². The number of aromatic hydroxyl groups is 1. The van der Waals surface area contributed by atoms with Crippen LogP contribution in [0.25, 0.3) is 10.8 Å². The lowest BCUT2D eigenvalue weighted by molar-refractivity contribution is 0.470. The van der Waals surface area contributed by atoms with Crippen LogP contribution >= 0.6 is 11.6 Å². The van der Waals surface area contributed by atoms with E-state index in [1.165, 1.54) is 6.07 Å². The van der Waals surface area contributed by atoms with Gasteiger partial charge in [-0.2, -0.15) is 31.8 Å². The second-order valence-corrected chi connectivity index (χ2v) is 10.5. The summed E-state index contributed by atoms with van der Waals surface area (Å²) >= 11 is 6.13. The average Bonchev–Trinajstić information content (AvgIpc) is 2.78. The van der Waals surface area contributed by atoms with Crippen molar-refractivity contribution in [3.63, 3.8) is 0 Å². The van der Waals surface area contributed by atoms with Gasteiger partial charge in [-0.15, -0.1) is 0 Å². The Morgan fingerprint density at radius 2 is 1.64 bits per heavy atom. The van der Waals surface area contributed by atoms with E-state index in [1.54, 1.807) is 4.90 Å². The van der Waals surface area contributed by atoms with E-state index in [9.17, 15) is 31.0 Å². The quantitative estimate of drug-likeness (QED) is 0.244. The zero-order valence-corrected chi connectivity index (χ0v) is 20.8. The summed E-state index contributed by atoms with van der Waals surface area (Å²) in [6, 6.07) is 13.0. The summed E-state index contributed by atoms with van der Waals surface area (Å²) in [7, 11) is -9.65. The molecule has 0 bridgehead atoms. The number of nitrogens with zero attached hydrogens (tertiary/aromatic N) is 4. The van der Waals surface area contributed by atoms with Gasteiger partial charge < -0.3 is 15.3 Å². The minimum Gasteiger partial charge on any atom is -0.507 e. The minimum atomic E-state index is -4.84. The van der Waals surface area contributed by atoms with Crippen molar-refractivity contribution in [3.05, 3.63) is 59.9 Å². The van der Waals surface area contributed by atoms with E-state index >= 15 is 0 Å². The molecule has 0 fully saturated rings. The van der Waals surface area contributed by atoms with Crippen molar-refractivity contribution in [2.45, 2.75) is 16.7 Å². The molecule has 4 aromatic rings. The molecular weight excluding hydrogens is 534 g/mol. The third-order valence-corrected chi connectivity index (χ3v) is 6.98. The van der Waals surface area contributed by atoms with Gasteiger partial charge >= 0.3 is 0 Å². The third kappa shape index (κ3) is 5.17. The molecule has 0 saturated heterocycles. The van der Waals surface area contributed by atoms with Gasteiger partial charge in [0.25, 0.3) is 20.2 Å². The van der Waals surface area contributed by atoms with Gasteiger partial charge in [-0.05, 0) is 48.9 Å².